The molecule has 1 fully saturated rings. The molecule has 0 saturated carbocycles. The Hall–Kier alpha value is -2.53. The van der Waals surface area contributed by atoms with Crippen molar-refractivity contribution >= 4 is 6.03 Å². The first-order valence-corrected chi connectivity index (χ1v) is 9.55. The molecule has 1 aliphatic heterocycles. The molecule has 1 aliphatic rings. The first-order valence-electron chi connectivity index (χ1n) is 9.55. The highest BCUT2D eigenvalue weighted by atomic mass is 16.5. The number of ether oxygens (including phenoxy) is 1. The molecule has 0 aliphatic carbocycles. The number of hydrogen-bond donors (Lipinski definition) is 2. The van der Waals surface area contributed by atoms with Gasteiger partial charge in [-0.25, -0.2) is 4.79 Å². The Labute approximate surface area is 161 Å². The number of nitrogens with zero attached hydrogens (tertiary/aromatic N) is 1. The lowest BCUT2D eigenvalue weighted by atomic mass is 9.99. The average molecular weight is 368 g/mol. The van der Waals surface area contributed by atoms with Crippen LogP contribution < -0.4 is 10.1 Å². The van der Waals surface area contributed by atoms with Crippen molar-refractivity contribution < 1.29 is 14.6 Å². The van der Waals surface area contributed by atoms with E-state index in [1.807, 2.05) is 60.4 Å². The van der Waals surface area contributed by atoms with Gasteiger partial charge in [-0.15, -0.1) is 0 Å². The number of aliphatic hydroxyl groups is 1. The molecule has 2 aromatic carbocycles. The van der Waals surface area contributed by atoms with Crippen molar-refractivity contribution in [2.45, 2.75) is 32.9 Å². The molecule has 1 atom stereocenters. The molecule has 3 rings (SSSR count). The van der Waals surface area contributed by atoms with Crippen molar-refractivity contribution in [1.82, 2.24) is 10.2 Å². The number of likely N-dealkylation sites (tertiary alicyclic amines) is 1. The SMILES string of the molecule is Cc1ccccc1OC[C@@H]1CCCN(C(=O)NCc2cccc(CO)c2)C1. The molecule has 144 valence electrons. The van der Waals surface area contributed by atoms with E-state index in [-0.39, 0.29) is 12.6 Å². The molecule has 1 saturated heterocycles. The number of aryl methyl sites for hydroxylation is 1. The Morgan fingerprint density at radius 3 is 2.85 bits per heavy atom. The van der Waals surface area contributed by atoms with E-state index in [1.54, 1.807) is 0 Å². The van der Waals surface area contributed by atoms with Gasteiger partial charge in [0.25, 0.3) is 0 Å². The van der Waals surface area contributed by atoms with E-state index in [0.717, 1.165) is 41.8 Å². The highest BCUT2D eigenvalue weighted by molar-refractivity contribution is 5.74. The van der Waals surface area contributed by atoms with Crippen molar-refractivity contribution in [3.05, 3.63) is 65.2 Å². The van der Waals surface area contributed by atoms with E-state index in [4.69, 9.17) is 4.74 Å². The van der Waals surface area contributed by atoms with Gasteiger partial charge in [0.2, 0.25) is 0 Å². The second-order valence-corrected chi connectivity index (χ2v) is 7.17. The third kappa shape index (κ3) is 5.47. The smallest absolute Gasteiger partial charge is 0.317 e. The number of carbonyl (C=O) groups is 1. The molecule has 1 heterocycles. The lowest BCUT2D eigenvalue weighted by Crippen LogP contribution is -2.46. The van der Waals surface area contributed by atoms with Gasteiger partial charge < -0.3 is 20.1 Å². The maximum absolute atomic E-state index is 12.5. The molecule has 0 aromatic heterocycles. The van der Waals surface area contributed by atoms with E-state index in [1.165, 1.54) is 0 Å². The Morgan fingerprint density at radius 2 is 2.04 bits per heavy atom. The minimum atomic E-state index is -0.0370. The summed E-state index contributed by atoms with van der Waals surface area (Å²) < 4.78 is 5.98. The summed E-state index contributed by atoms with van der Waals surface area (Å²) in [5, 5.41) is 12.2. The van der Waals surface area contributed by atoms with Gasteiger partial charge in [-0.1, -0.05) is 42.5 Å². The predicted molar refractivity (Wildman–Crippen MR) is 106 cm³/mol. The van der Waals surface area contributed by atoms with Gasteiger partial charge in [-0.3, -0.25) is 0 Å². The topological polar surface area (TPSA) is 61.8 Å². The minimum absolute atomic E-state index is 0.0104. The largest absolute Gasteiger partial charge is 0.493 e. The molecular weight excluding hydrogens is 340 g/mol. The van der Waals surface area contributed by atoms with Crippen LogP contribution in [-0.4, -0.2) is 35.7 Å². The number of benzene rings is 2. The molecule has 0 spiro atoms. The maximum Gasteiger partial charge on any atom is 0.317 e. The molecule has 0 bridgehead atoms. The fraction of sp³-hybridized carbons (Fsp3) is 0.409. The van der Waals surface area contributed by atoms with Gasteiger partial charge in [0.15, 0.2) is 0 Å². The van der Waals surface area contributed by atoms with E-state index < -0.39 is 0 Å². The van der Waals surface area contributed by atoms with E-state index in [2.05, 4.69) is 5.32 Å². The van der Waals surface area contributed by atoms with Crippen LogP contribution in [0.5, 0.6) is 5.75 Å². The fourth-order valence-corrected chi connectivity index (χ4v) is 3.44. The number of para-hydroxylation sites is 1. The highest BCUT2D eigenvalue weighted by Gasteiger charge is 2.24. The summed E-state index contributed by atoms with van der Waals surface area (Å²) >= 11 is 0. The summed E-state index contributed by atoms with van der Waals surface area (Å²) in [5.74, 6) is 1.27. The van der Waals surface area contributed by atoms with Crippen molar-refractivity contribution in [3.8, 4) is 5.75 Å². The average Bonchev–Trinajstić information content (AvgIpc) is 2.72. The van der Waals surface area contributed by atoms with Gasteiger partial charge in [0.1, 0.15) is 5.75 Å². The first-order chi connectivity index (χ1) is 13.2. The quantitative estimate of drug-likeness (QED) is 0.820. The number of hydrogen-bond acceptors (Lipinski definition) is 3. The van der Waals surface area contributed by atoms with Gasteiger partial charge in [-0.05, 0) is 42.5 Å². The van der Waals surface area contributed by atoms with Crippen LogP contribution in [0.3, 0.4) is 0 Å². The number of piperidine rings is 1. The number of aliphatic hydroxyl groups excluding tert-OH is 1. The number of amides is 2. The lowest BCUT2D eigenvalue weighted by molar-refractivity contribution is 0.137. The Bertz CT molecular complexity index is 763. The normalized spacial score (nSPS) is 16.8. The first kappa shape index (κ1) is 19.2. The lowest BCUT2D eigenvalue weighted by Gasteiger charge is -2.32. The molecule has 5 nitrogen and oxygen atoms in total. The minimum Gasteiger partial charge on any atom is -0.493 e. The van der Waals surface area contributed by atoms with Gasteiger partial charge in [0, 0.05) is 25.6 Å². The number of rotatable bonds is 6. The zero-order valence-electron chi connectivity index (χ0n) is 15.9. The molecular formula is C22H28N2O3. The summed E-state index contributed by atoms with van der Waals surface area (Å²) in [5.41, 5.74) is 2.98. The zero-order valence-corrected chi connectivity index (χ0v) is 15.9. The number of nitrogens with one attached hydrogen (secondary N) is 1. The fourth-order valence-electron chi connectivity index (χ4n) is 3.44. The molecule has 2 N–H and O–H groups in total. The molecule has 2 amide bonds. The van der Waals surface area contributed by atoms with Crippen molar-refractivity contribution in [1.29, 1.82) is 0 Å². The van der Waals surface area contributed by atoms with Crippen LogP contribution in [0.25, 0.3) is 0 Å². The highest BCUT2D eigenvalue weighted by Crippen LogP contribution is 2.21. The van der Waals surface area contributed by atoms with Gasteiger partial charge >= 0.3 is 6.03 Å². The van der Waals surface area contributed by atoms with Crippen LogP contribution in [0.1, 0.15) is 29.5 Å². The molecule has 27 heavy (non-hydrogen) atoms. The standard InChI is InChI=1S/C22H28N2O3/c1-17-6-2-3-10-21(17)27-16-20-9-5-11-24(14-20)22(26)23-13-18-7-4-8-19(12-18)15-25/h2-4,6-8,10,12,20,25H,5,9,11,13-16H2,1H3,(H,23,26)/t20-/m1/s1. The summed E-state index contributed by atoms with van der Waals surface area (Å²) in [6.07, 6.45) is 2.07. The van der Waals surface area contributed by atoms with Crippen LogP contribution in [-0.2, 0) is 13.2 Å². The Kier molecular flexibility index (Phi) is 6.71. The maximum atomic E-state index is 12.5. The zero-order chi connectivity index (χ0) is 19.1. The summed E-state index contributed by atoms with van der Waals surface area (Å²) in [6.45, 7) is 4.65. The molecule has 5 heteroatoms. The third-order valence-electron chi connectivity index (χ3n) is 4.99. The van der Waals surface area contributed by atoms with E-state index in [0.29, 0.717) is 25.6 Å². The second-order valence-electron chi connectivity index (χ2n) is 7.17. The van der Waals surface area contributed by atoms with Crippen LogP contribution in [0, 0.1) is 12.8 Å². The van der Waals surface area contributed by atoms with Gasteiger partial charge in [-0.2, -0.15) is 0 Å². The Morgan fingerprint density at radius 1 is 1.22 bits per heavy atom. The van der Waals surface area contributed by atoms with E-state index >= 15 is 0 Å². The second kappa shape index (κ2) is 9.42. The van der Waals surface area contributed by atoms with E-state index in [9.17, 15) is 9.90 Å². The molecule has 0 radical (unpaired) electrons. The van der Waals surface area contributed by atoms with Crippen LogP contribution in [0.15, 0.2) is 48.5 Å². The van der Waals surface area contributed by atoms with Gasteiger partial charge in [0.05, 0.1) is 13.2 Å². The van der Waals surface area contributed by atoms with Crippen molar-refractivity contribution in [3.63, 3.8) is 0 Å². The third-order valence-corrected chi connectivity index (χ3v) is 4.99. The molecule has 0 unspecified atom stereocenters. The van der Waals surface area contributed by atoms with Crippen molar-refractivity contribution in [2.24, 2.45) is 5.92 Å². The van der Waals surface area contributed by atoms with Crippen LogP contribution in [0.2, 0.25) is 0 Å². The number of urea groups is 1. The summed E-state index contributed by atoms with van der Waals surface area (Å²) in [6, 6.07) is 15.6. The Balaban J connectivity index is 1.48. The summed E-state index contributed by atoms with van der Waals surface area (Å²) in [7, 11) is 0. The van der Waals surface area contributed by atoms with Crippen LogP contribution in [0.4, 0.5) is 4.79 Å². The summed E-state index contributed by atoms with van der Waals surface area (Å²) in [4.78, 5) is 14.4. The van der Waals surface area contributed by atoms with Crippen molar-refractivity contribution in [2.75, 3.05) is 19.7 Å². The van der Waals surface area contributed by atoms with Crippen LogP contribution >= 0.6 is 0 Å². The predicted octanol–water partition coefficient (Wildman–Crippen LogP) is 3.49. The number of carbonyl (C=O) groups excluding carboxylic acids is 1. The molecule has 2 aromatic rings. The monoisotopic (exact) mass is 368 g/mol.